The Labute approximate surface area is 440 Å². The van der Waals surface area contributed by atoms with Crippen LogP contribution in [-0.2, 0) is 42.2 Å². The molecule has 0 aromatic heterocycles. The van der Waals surface area contributed by atoms with Crippen LogP contribution in [0.1, 0.15) is 265 Å². The maximum Gasteiger partial charge on any atom is 0.472 e. The highest BCUT2D eigenvalue weighted by Gasteiger charge is 2.28. The zero-order valence-electron chi connectivity index (χ0n) is 46.1. The number of carbonyl (C=O) groups is 3. The molecule has 0 bridgehead atoms. The highest BCUT2D eigenvalue weighted by molar-refractivity contribution is 7.47. The van der Waals surface area contributed by atoms with Crippen LogP contribution in [0.25, 0.3) is 0 Å². The van der Waals surface area contributed by atoms with E-state index in [1.54, 1.807) is 0 Å². The van der Waals surface area contributed by atoms with Gasteiger partial charge in [-0.2, -0.15) is 0 Å². The van der Waals surface area contributed by atoms with Crippen molar-refractivity contribution in [3.8, 4) is 0 Å². The first-order chi connectivity index (χ1) is 35.2. The Hall–Kier alpha value is -2.82. The van der Waals surface area contributed by atoms with Crippen LogP contribution in [0.2, 0.25) is 0 Å². The molecular weight excluding hydrogens is 928 g/mol. The maximum atomic E-state index is 12.9. The summed E-state index contributed by atoms with van der Waals surface area (Å²) in [4.78, 5) is 48.5. The molecule has 0 aliphatic heterocycles. The summed E-state index contributed by atoms with van der Waals surface area (Å²) in [5.41, 5.74) is 0. The SMILES string of the molecule is CC/C=C\C/C=C\C/C=C\CCCCCC(=O)OC(CO)COP(=O)(O)OCC(COC(=O)CCCCCCCCC/C=C\C/C=C\CCCCC)OC(=O)CCCCCCCCCCCCCCCCC. The maximum absolute atomic E-state index is 12.9. The first kappa shape index (κ1) is 69.2. The molecule has 0 aromatic carbocycles. The molecule has 0 rings (SSSR count). The molecule has 0 aliphatic carbocycles. The lowest BCUT2D eigenvalue weighted by Gasteiger charge is -2.21. The second kappa shape index (κ2) is 54.4. The van der Waals surface area contributed by atoms with Crippen LogP contribution in [0.3, 0.4) is 0 Å². The average Bonchev–Trinajstić information content (AvgIpc) is 3.37. The van der Waals surface area contributed by atoms with E-state index in [1.165, 1.54) is 116 Å². The summed E-state index contributed by atoms with van der Waals surface area (Å²) in [5.74, 6) is -1.49. The third-order valence-electron chi connectivity index (χ3n) is 12.4. The molecule has 2 N–H and O–H groups in total. The van der Waals surface area contributed by atoms with Gasteiger partial charge in [0.25, 0.3) is 0 Å². The van der Waals surface area contributed by atoms with Crippen molar-refractivity contribution in [3.63, 3.8) is 0 Å². The lowest BCUT2D eigenvalue weighted by atomic mass is 10.0. The van der Waals surface area contributed by atoms with Crippen molar-refractivity contribution in [2.45, 2.75) is 277 Å². The van der Waals surface area contributed by atoms with Crippen LogP contribution in [-0.4, -0.2) is 66.5 Å². The summed E-state index contributed by atoms with van der Waals surface area (Å²) in [6, 6.07) is 0. The third-order valence-corrected chi connectivity index (χ3v) is 13.4. The molecule has 0 amide bonds. The van der Waals surface area contributed by atoms with Gasteiger partial charge in [-0.05, 0) is 83.5 Å². The van der Waals surface area contributed by atoms with Crippen molar-refractivity contribution in [2.24, 2.45) is 0 Å². The first-order valence-electron chi connectivity index (χ1n) is 29.2. The number of phosphoric ester groups is 1. The summed E-state index contributed by atoms with van der Waals surface area (Å²) >= 11 is 0. The number of rotatable bonds is 54. The van der Waals surface area contributed by atoms with Gasteiger partial charge in [-0.25, -0.2) is 4.57 Å². The molecule has 3 unspecified atom stereocenters. The van der Waals surface area contributed by atoms with Gasteiger partial charge in [0.1, 0.15) is 12.7 Å². The molecule has 0 spiro atoms. The Kier molecular flexibility index (Phi) is 52.3. The number of hydrogen-bond donors (Lipinski definition) is 2. The monoisotopic (exact) mass is 1030 g/mol. The first-order valence-corrected chi connectivity index (χ1v) is 30.7. The summed E-state index contributed by atoms with van der Waals surface area (Å²) in [6.07, 6.45) is 58.9. The Morgan fingerprint density at radius 1 is 0.403 bits per heavy atom. The quantitative estimate of drug-likeness (QED) is 0.0197. The van der Waals surface area contributed by atoms with Crippen LogP contribution < -0.4 is 0 Å². The smallest absolute Gasteiger partial charge is 0.462 e. The number of esters is 3. The van der Waals surface area contributed by atoms with Gasteiger partial charge in [0.15, 0.2) is 6.10 Å². The molecule has 3 atom stereocenters. The van der Waals surface area contributed by atoms with Crippen molar-refractivity contribution in [1.29, 1.82) is 0 Å². The topological polar surface area (TPSA) is 155 Å². The normalized spacial score (nSPS) is 13.8. The Morgan fingerprint density at radius 2 is 0.722 bits per heavy atom. The van der Waals surface area contributed by atoms with E-state index in [0.29, 0.717) is 19.3 Å². The van der Waals surface area contributed by atoms with Crippen molar-refractivity contribution in [1.82, 2.24) is 0 Å². The molecule has 0 aliphatic rings. The number of allylic oxidation sites excluding steroid dienone is 10. The minimum absolute atomic E-state index is 0.142. The Morgan fingerprint density at radius 3 is 1.15 bits per heavy atom. The lowest BCUT2D eigenvalue weighted by molar-refractivity contribution is -0.161. The van der Waals surface area contributed by atoms with E-state index < -0.39 is 57.8 Å². The average molecular weight is 1040 g/mol. The van der Waals surface area contributed by atoms with Gasteiger partial charge in [0.05, 0.1) is 19.8 Å². The largest absolute Gasteiger partial charge is 0.472 e. The lowest BCUT2D eigenvalue weighted by Crippen LogP contribution is -2.30. The molecule has 0 radical (unpaired) electrons. The minimum Gasteiger partial charge on any atom is -0.462 e. The molecule has 0 saturated heterocycles. The molecule has 12 heteroatoms. The van der Waals surface area contributed by atoms with Crippen LogP contribution >= 0.6 is 7.82 Å². The molecule has 418 valence electrons. The number of aliphatic hydroxyl groups excluding tert-OH is 1. The summed E-state index contributed by atoms with van der Waals surface area (Å²) in [7, 11) is -4.75. The number of hydrogen-bond acceptors (Lipinski definition) is 10. The minimum atomic E-state index is -4.75. The van der Waals surface area contributed by atoms with Crippen molar-refractivity contribution in [3.05, 3.63) is 60.8 Å². The predicted octanol–water partition coefficient (Wildman–Crippen LogP) is 17.1. The summed E-state index contributed by atoms with van der Waals surface area (Å²) in [5, 5.41) is 9.80. The van der Waals surface area contributed by atoms with Crippen molar-refractivity contribution < 1.29 is 52.2 Å². The van der Waals surface area contributed by atoms with Gasteiger partial charge in [0, 0.05) is 19.3 Å². The number of unbranched alkanes of at least 4 members (excludes halogenated alkanes) is 27. The molecule has 0 aromatic rings. The Balaban J connectivity index is 4.74. The number of ether oxygens (including phenoxy) is 3. The van der Waals surface area contributed by atoms with Gasteiger partial charge >= 0.3 is 25.7 Å². The summed E-state index contributed by atoms with van der Waals surface area (Å²) < 4.78 is 39.5. The predicted molar refractivity (Wildman–Crippen MR) is 298 cm³/mol. The highest BCUT2D eigenvalue weighted by Crippen LogP contribution is 2.43. The fourth-order valence-electron chi connectivity index (χ4n) is 7.99. The zero-order valence-corrected chi connectivity index (χ0v) is 47.0. The van der Waals surface area contributed by atoms with Gasteiger partial charge in [-0.15, -0.1) is 0 Å². The molecule has 72 heavy (non-hydrogen) atoms. The second-order valence-electron chi connectivity index (χ2n) is 19.4. The molecule has 0 heterocycles. The fourth-order valence-corrected chi connectivity index (χ4v) is 8.77. The Bertz CT molecular complexity index is 1440. The third kappa shape index (κ3) is 52.1. The number of aliphatic hydroxyl groups is 1. The van der Waals surface area contributed by atoms with Gasteiger partial charge in [-0.1, -0.05) is 223 Å². The molecule has 11 nitrogen and oxygen atoms in total. The number of carbonyl (C=O) groups excluding carboxylic acids is 3. The van der Waals surface area contributed by atoms with E-state index in [4.69, 9.17) is 23.3 Å². The van der Waals surface area contributed by atoms with E-state index in [2.05, 4.69) is 81.5 Å². The van der Waals surface area contributed by atoms with E-state index in [0.717, 1.165) is 89.9 Å². The van der Waals surface area contributed by atoms with Crippen LogP contribution in [0.15, 0.2) is 60.8 Å². The second-order valence-corrected chi connectivity index (χ2v) is 20.9. The van der Waals surface area contributed by atoms with E-state index in [-0.39, 0.29) is 25.9 Å². The fraction of sp³-hybridized carbons (Fsp3) is 0.783. The highest BCUT2D eigenvalue weighted by atomic mass is 31.2. The van der Waals surface area contributed by atoms with Crippen LogP contribution in [0.4, 0.5) is 0 Å². The van der Waals surface area contributed by atoms with E-state index >= 15 is 0 Å². The van der Waals surface area contributed by atoms with E-state index in [9.17, 15) is 28.9 Å². The van der Waals surface area contributed by atoms with Crippen molar-refractivity contribution >= 4 is 25.7 Å². The zero-order chi connectivity index (χ0) is 52.7. The van der Waals surface area contributed by atoms with E-state index in [1.807, 2.05) is 0 Å². The number of phosphoric acid groups is 1. The molecule has 0 saturated carbocycles. The van der Waals surface area contributed by atoms with Gasteiger partial charge < -0.3 is 24.2 Å². The van der Waals surface area contributed by atoms with Gasteiger partial charge in [-0.3, -0.25) is 23.4 Å². The van der Waals surface area contributed by atoms with Crippen LogP contribution in [0, 0.1) is 0 Å². The molecule has 0 fully saturated rings. The molecular formula is C60H107O11P. The van der Waals surface area contributed by atoms with Crippen molar-refractivity contribution in [2.75, 3.05) is 26.4 Å². The standard InChI is InChI=1S/C60H107O11P/c1-4-7-10-13-16-19-22-25-27-28-30-32-34-37-40-43-46-49-58(62)67-53-57(71-60(64)51-48-45-42-39-36-33-29-26-23-20-17-14-11-8-5-2)55-69-72(65,66)68-54-56(52-61)70-59(63)50-47-44-41-38-35-31-24-21-18-15-12-9-6-3/h9,12,16,18-19,21,25,27,31,35,56-57,61H,4-8,10-11,13-15,17,20,22-24,26,28-30,32-34,36-55H2,1-3H3,(H,65,66)/b12-9-,19-16-,21-18-,27-25-,35-31-. The van der Waals surface area contributed by atoms with Crippen LogP contribution in [0.5, 0.6) is 0 Å². The summed E-state index contributed by atoms with van der Waals surface area (Å²) in [6.45, 7) is 4.49. The van der Waals surface area contributed by atoms with Gasteiger partial charge in [0.2, 0.25) is 0 Å².